The van der Waals surface area contributed by atoms with E-state index in [2.05, 4.69) is 23.0 Å². The normalized spacial score (nSPS) is 14.4. The quantitative estimate of drug-likeness (QED) is 0.156. The maximum absolute atomic E-state index is 13.5. The third-order valence-electron chi connectivity index (χ3n) is 9.11. The van der Waals surface area contributed by atoms with Crippen LogP contribution in [0.1, 0.15) is 47.1 Å². The number of aromatic nitrogens is 2. The molecule has 0 aliphatic carbocycles. The molecule has 0 N–H and O–H groups in total. The molecular formula is C48H39F3IrN2O-2. The summed E-state index contributed by atoms with van der Waals surface area (Å²) in [4.78, 5) is 8.76. The number of halogens is 3. The van der Waals surface area contributed by atoms with Crippen LogP contribution in [0.25, 0.3) is 66.7 Å². The zero-order chi connectivity index (χ0) is 44.8. The predicted molar refractivity (Wildman–Crippen MR) is 214 cm³/mol. The topological polar surface area (TPSA) is 38.9 Å². The first-order valence-corrected chi connectivity index (χ1v) is 17.1. The SMILES string of the molecule is [2H]C([2H])([2H])c1ccc(-c2cc(-c3ccccc3)c(C([2H])([2H])[2H])cc2[CH2-])nc1.[2H]C([2H])(c1ccc(-c2ccnc(-c3[c-]ccc4c3oc3ccccc34)c2)cc1)C(C)(C)C(F)(F)F.[Ir]. The van der Waals surface area contributed by atoms with Crippen molar-refractivity contribution in [3.05, 3.63) is 175 Å². The number of rotatable bonds is 6. The van der Waals surface area contributed by atoms with E-state index in [1.54, 1.807) is 42.6 Å². The Balaban J connectivity index is 0.000000214. The van der Waals surface area contributed by atoms with E-state index in [9.17, 15) is 13.2 Å². The maximum atomic E-state index is 13.5. The molecule has 0 aliphatic rings. The van der Waals surface area contributed by atoms with Gasteiger partial charge in [0.05, 0.1) is 11.0 Å². The Labute approximate surface area is 344 Å². The Morgan fingerprint density at radius 1 is 0.745 bits per heavy atom. The van der Waals surface area contributed by atoms with Gasteiger partial charge >= 0.3 is 6.18 Å². The van der Waals surface area contributed by atoms with Gasteiger partial charge < -0.3 is 9.40 Å². The number of pyridine rings is 2. The zero-order valence-electron chi connectivity index (χ0n) is 37.8. The van der Waals surface area contributed by atoms with Crippen LogP contribution < -0.4 is 0 Å². The minimum absolute atomic E-state index is 0. The van der Waals surface area contributed by atoms with Crippen molar-refractivity contribution in [3.63, 3.8) is 0 Å². The molecule has 0 saturated heterocycles. The van der Waals surface area contributed by atoms with Crippen molar-refractivity contribution in [2.45, 2.75) is 40.1 Å². The van der Waals surface area contributed by atoms with Crippen LogP contribution >= 0.6 is 0 Å². The van der Waals surface area contributed by atoms with E-state index in [1.807, 2.05) is 72.8 Å². The van der Waals surface area contributed by atoms with Gasteiger partial charge in [-0.15, -0.1) is 29.8 Å². The molecule has 0 atom stereocenters. The van der Waals surface area contributed by atoms with Crippen molar-refractivity contribution in [3.8, 4) is 44.8 Å². The third kappa shape index (κ3) is 8.44. The van der Waals surface area contributed by atoms with Gasteiger partial charge in [-0.25, -0.2) is 0 Å². The standard InChI is InChI=1S/C28H21F3NO.C20H18N.Ir/c1-27(2,28(29,30)31)17-18-10-12-19(13-11-18)20-14-15-32-24(16-20)23-8-5-7-22-21-6-3-4-9-25(21)33-26(22)23;1-14-9-10-20(21-13-14)19-12-18(15(2)11-16(19)3)17-7-5-4-6-8-17;/h3-7,9-16H,17H2,1-2H3;4-13H,3H2,1-2H3;/q2*-1;/i17D2;1D3,2D3;. The first-order chi connectivity index (χ1) is 29.1. The number of alkyl halides is 3. The molecule has 0 bridgehead atoms. The molecule has 8 aromatic rings. The number of nitrogens with zero attached hydrogens (tertiary/aromatic N) is 2. The van der Waals surface area contributed by atoms with Gasteiger partial charge in [0.15, 0.2) is 0 Å². The molecule has 0 aliphatic heterocycles. The van der Waals surface area contributed by atoms with E-state index in [0.717, 1.165) is 46.9 Å². The van der Waals surface area contributed by atoms with Crippen molar-refractivity contribution >= 4 is 21.9 Å². The maximum Gasteiger partial charge on any atom is 0.394 e. The summed E-state index contributed by atoms with van der Waals surface area (Å²) >= 11 is 0. The number of aryl methyl sites for hydroxylation is 2. The average molecular weight is 917 g/mol. The molecule has 0 fully saturated rings. The Kier molecular flexibility index (Phi) is 8.72. The van der Waals surface area contributed by atoms with E-state index in [0.29, 0.717) is 39.2 Å². The number of fused-ring (bicyclic) bond motifs is 3. The van der Waals surface area contributed by atoms with Gasteiger partial charge in [0.2, 0.25) is 0 Å². The Bertz CT molecular complexity index is 2880. The molecule has 1 radical (unpaired) electrons. The van der Waals surface area contributed by atoms with Crippen LogP contribution in [0.3, 0.4) is 0 Å². The van der Waals surface area contributed by atoms with Gasteiger partial charge in [0, 0.05) is 54.5 Å². The number of para-hydroxylation sites is 1. The van der Waals surface area contributed by atoms with Crippen LogP contribution in [0.5, 0.6) is 0 Å². The second kappa shape index (κ2) is 16.1. The molecule has 7 heteroatoms. The summed E-state index contributed by atoms with van der Waals surface area (Å²) in [5, 5.41) is 1.96. The van der Waals surface area contributed by atoms with Crippen LogP contribution in [-0.2, 0) is 26.5 Å². The van der Waals surface area contributed by atoms with Crippen molar-refractivity contribution in [2.75, 3.05) is 0 Å². The predicted octanol–water partition coefficient (Wildman–Crippen LogP) is 13.5. The van der Waals surface area contributed by atoms with Gasteiger partial charge in [-0.1, -0.05) is 122 Å². The number of hydrogen-bond donors (Lipinski definition) is 0. The second-order valence-electron chi connectivity index (χ2n) is 13.3. The third-order valence-corrected chi connectivity index (χ3v) is 9.11. The molecule has 279 valence electrons. The summed E-state index contributed by atoms with van der Waals surface area (Å²) < 4.78 is 109. The van der Waals surface area contributed by atoms with Gasteiger partial charge in [0.25, 0.3) is 0 Å². The first kappa shape index (κ1) is 29.8. The Morgan fingerprint density at radius 2 is 1.51 bits per heavy atom. The van der Waals surface area contributed by atoms with Crippen LogP contribution in [-0.4, -0.2) is 16.1 Å². The fourth-order valence-electron chi connectivity index (χ4n) is 6.10. The zero-order valence-corrected chi connectivity index (χ0v) is 32.2. The largest absolute Gasteiger partial charge is 0.501 e. The monoisotopic (exact) mass is 917 g/mol. The van der Waals surface area contributed by atoms with E-state index in [-0.39, 0.29) is 36.8 Å². The Morgan fingerprint density at radius 3 is 2.22 bits per heavy atom. The summed E-state index contributed by atoms with van der Waals surface area (Å²) in [6.45, 7) is 1.23. The van der Waals surface area contributed by atoms with Crippen molar-refractivity contribution < 1.29 is 48.7 Å². The van der Waals surface area contributed by atoms with Gasteiger partial charge in [-0.05, 0) is 70.5 Å². The molecule has 55 heavy (non-hydrogen) atoms. The summed E-state index contributed by atoms with van der Waals surface area (Å²) in [7, 11) is 0. The summed E-state index contributed by atoms with van der Waals surface area (Å²) in [6.07, 6.45) is -4.32. The molecule has 0 amide bonds. The molecular weight excluding hydrogens is 870 g/mol. The van der Waals surface area contributed by atoms with Crippen molar-refractivity contribution in [2.24, 2.45) is 5.41 Å². The van der Waals surface area contributed by atoms with Crippen molar-refractivity contribution in [1.29, 1.82) is 0 Å². The van der Waals surface area contributed by atoms with E-state index < -0.39 is 31.7 Å². The summed E-state index contributed by atoms with van der Waals surface area (Å²) in [5.74, 6) is 0. The van der Waals surface area contributed by atoms with E-state index >= 15 is 0 Å². The smallest absolute Gasteiger partial charge is 0.394 e. The first-order valence-electron chi connectivity index (χ1n) is 21.1. The molecule has 5 aromatic carbocycles. The average Bonchev–Trinajstić information content (AvgIpc) is 3.62. The van der Waals surface area contributed by atoms with Crippen LogP contribution in [0, 0.1) is 32.1 Å². The summed E-state index contributed by atoms with van der Waals surface area (Å²) in [5.41, 5.74) is 5.21. The van der Waals surface area contributed by atoms with Gasteiger partial charge in [-0.2, -0.15) is 31.7 Å². The molecule has 0 saturated carbocycles. The van der Waals surface area contributed by atoms with Crippen LogP contribution in [0.4, 0.5) is 13.2 Å². The number of furan rings is 1. The number of hydrogen-bond acceptors (Lipinski definition) is 3. The fraction of sp³-hybridized carbons (Fsp3) is 0.146. The molecule has 8 rings (SSSR count). The van der Waals surface area contributed by atoms with Gasteiger partial charge in [-0.3, -0.25) is 4.98 Å². The summed E-state index contributed by atoms with van der Waals surface area (Å²) in [6, 6.07) is 40.2. The molecule has 3 aromatic heterocycles. The minimum Gasteiger partial charge on any atom is -0.501 e. The fourth-order valence-corrected chi connectivity index (χ4v) is 6.10. The minimum atomic E-state index is -4.69. The van der Waals surface area contributed by atoms with Gasteiger partial charge in [0.1, 0.15) is 5.58 Å². The molecule has 0 spiro atoms. The molecule has 3 heterocycles. The number of benzene rings is 5. The molecule has 3 nitrogen and oxygen atoms in total. The Hall–Kier alpha value is -5.49. The van der Waals surface area contributed by atoms with Crippen LogP contribution in [0.2, 0.25) is 0 Å². The molecule has 0 unspecified atom stereocenters. The van der Waals surface area contributed by atoms with Crippen molar-refractivity contribution in [1.82, 2.24) is 9.97 Å². The van der Waals surface area contributed by atoms with E-state index in [4.69, 9.17) is 15.4 Å². The van der Waals surface area contributed by atoms with Crippen LogP contribution in [0.15, 0.2) is 144 Å². The second-order valence-corrected chi connectivity index (χ2v) is 13.3. The van der Waals surface area contributed by atoms with E-state index in [1.165, 1.54) is 24.4 Å².